The third-order valence-electron chi connectivity index (χ3n) is 4.90. The summed E-state index contributed by atoms with van der Waals surface area (Å²) in [4.78, 5) is 37.8. The van der Waals surface area contributed by atoms with Crippen LogP contribution in [-0.4, -0.2) is 28.8 Å². The van der Waals surface area contributed by atoms with E-state index in [4.69, 9.17) is 0 Å². The Morgan fingerprint density at radius 1 is 1.11 bits per heavy atom. The SMILES string of the molecule is CC1CCCCCC1N1C(=O)NC(=O)C2(CC2)C1=O. The zero-order valence-corrected chi connectivity index (χ0v) is 11.3. The maximum absolute atomic E-state index is 12.5. The minimum Gasteiger partial charge on any atom is -0.277 e. The van der Waals surface area contributed by atoms with E-state index >= 15 is 0 Å². The second kappa shape index (κ2) is 4.32. The van der Waals surface area contributed by atoms with Crippen LogP contribution in [0.2, 0.25) is 0 Å². The van der Waals surface area contributed by atoms with Gasteiger partial charge in [-0.1, -0.05) is 26.2 Å². The highest BCUT2D eigenvalue weighted by molar-refractivity contribution is 6.21. The predicted octanol–water partition coefficient (Wildman–Crippen LogP) is 1.81. The molecule has 3 aliphatic rings. The van der Waals surface area contributed by atoms with Crippen molar-refractivity contribution in [1.82, 2.24) is 10.2 Å². The van der Waals surface area contributed by atoms with E-state index in [0.29, 0.717) is 18.8 Å². The van der Waals surface area contributed by atoms with Crippen LogP contribution < -0.4 is 5.32 Å². The summed E-state index contributed by atoms with van der Waals surface area (Å²) in [5, 5.41) is 2.38. The normalized spacial score (nSPS) is 34.2. The number of hydrogen-bond donors (Lipinski definition) is 1. The Kier molecular flexibility index (Phi) is 2.87. The van der Waals surface area contributed by atoms with Crippen molar-refractivity contribution in [3.8, 4) is 0 Å². The smallest absolute Gasteiger partial charge is 0.277 e. The van der Waals surface area contributed by atoms with Gasteiger partial charge < -0.3 is 0 Å². The van der Waals surface area contributed by atoms with Gasteiger partial charge in [-0.25, -0.2) is 4.79 Å². The van der Waals surface area contributed by atoms with Crippen molar-refractivity contribution in [3.05, 3.63) is 0 Å². The van der Waals surface area contributed by atoms with Crippen LogP contribution in [0.1, 0.15) is 51.9 Å². The van der Waals surface area contributed by atoms with E-state index in [1.165, 1.54) is 4.90 Å². The monoisotopic (exact) mass is 264 g/mol. The van der Waals surface area contributed by atoms with Crippen LogP contribution in [-0.2, 0) is 9.59 Å². The van der Waals surface area contributed by atoms with Crippen LogP contribution in [0, 0.1) is 11.3 Å². The Bertz CT molecular complexity index is 442. The first-order valence-corrected chi connectivity index (χ1v) is 7.25. The summed E-state index contributed by atoms with van der Waals surface area (Å²) in [6.07, 6.45) is 6.45. The number of urea groups is 1. The van der Waals surface area contributed by atoms with Gasteiger partial charge in [0.2, 0.25) is 11.8 Å². The molecule has 3 fully saturated rings. The molecule has 1 heterocycles. The van der Waals surface area contributed by atoms with Crippen molar-refractivity contribution in [2.45, 2.75) is 57.9 Å². The molecule has 4 amide bonds. The number of barbiturate groups is 1. The molecule has 2 saturated carbocycles. The molecule has 2 atom stereocenters. The highest BCUT2D eigenvalue weighted by Gasteiger charge is 2.63. The van der Waals surface area contributed by atoms with Crippen LogP contribution in [0.3, 0.4) is 0 Å². The second-order valence-electron chi connectivity index (χ2n) is 6.20. The molecule has 0 radical (unpaired) electrons. The largest absolute Gasteiger partial charge is 0.331 e. The lowest BCUT2D eigenvalue weighted by molar-refractivity contribution is -0.146. The molecular formula is C14H20N2O3. The number of carbonyl (C=O) groups is 3. The first-order chi connectivity index (χ1) is 9.06. The van der Waals surface area contributed by atoms with Gasteiger partial charge in [-0.3, -0.25) is 19.8 Å². The zero-order valence-electron chi connectivity index (χ0n) is 11.3. The van der Waals surface area contributed by atoms with E-state index in [1.54, 1.807) is 0 Å². The molecule has 0 aromatic heterocycles. The molecule has 1 spiro atoms. The quantitative estimate of drug-likeness (QED) is 0.580. The fourth-order valence-corrected chi connectivity index (χ4v) is 3.42. The van der Waals surface area contributed by atoms with E-state index in [0.717, 1.165) is 32.1 Å². The Morgan fingerprint density at radius 2 is 1.79 bits per heavy atom. The van der Waals surface area contributed by atoms with Gasteiger partial charge in [-0.15, -0.1) is 0 Å². The number of imide groups is 2. The Morgan fingerprint density at radius 3 is 2.47 bits per heavy atom. The van der Waals surface area contributed by atoms with Gasteiger partial charge in [0, 0.05) is 6.04 Å². The van der Waals surface area contributed by atoms with Crippen LogP contribution in [0.5, 0.6) is 0 Å². The van der Waals surface area contributed by atoms with E-state index in [-0.39, 0.29) is 17.9 Å². The van der Waals surface area contributed by atoms with Crippen molar-refractivity contribution in [1.29, 1.82) is 0 Å². The van der Waals surface area contributed by atoms with Crippen molar-refractivity contribution in [3.63, 3.8) is 0 Å². The van der Waals surface area contributed by atoms with Gasteiger partial charge in [0.25, 0.3) is 0 Å². The molecule has 0 bridgehead atoms. The van der Waals surface area contributed by atoms with Crippen LogP contribution in [0.4, 0.5) is 4.79 Å². The third-order valence-corrected chi connectivity index (χ3v) is 4.90. The van der Waals surface area contributed by atoms with Crippen LogP contribution in [0.25, 0.3) is 0 Å². The molecule has 3 rings (SSSR count). The fourth-order valence-electron chi connectivity index (χ4n) is 3.42. The minimum absolute atomic E-state index is 0.0411. The number of rotatable bonds is 1. The first kappa shape index (κ1) is 12.6. The molecule has 1 N–H and O–H groups in total. The minimum atomic E-state index is -0.903. The molecule has 5 nitrogen and oxygen atoms in total. The van der Waals surface area contributed by atoms with Gasteiger partial charge in [-0.2, -0.15) is 0 Å². The average Bonchev–Trinajstić information content (AvgIpc) is 3.15. The van der Waals surface area contributed by atoms with Gasteiger partial charge in [0.1, 0.15) is 5.41 Å². The van der Waals surface area contributed by atoms with Gasteiger partial charge in [-0.05, 0) is 31.6 Å². The maximum Gasteiger partial charge on any atom is 0.331 e. The zero-order chi connectivity index (χ0) is 13.6. The lowest BCUT2D eigenvalue weighted by Gasteiger charge is -2.38. The van der Waals surface area contributed by atoms with Gasteiger partial charge in [0.15, 0.2) is 0 Å². The van der Waals surface area contributed by atoms with E-state index in [2.05, 4.69) is 12.2 Å². The molecule has 19 heavy (non-hydrogen) atoms. The van der Waals surface area contributed by atoms with Crippen molar-refractivity contribution < 1.29 is 14.4 Å². The average molecular weight is 264 g/mol. The standard InChI is InChI=1S/C14H20N2O3/c1-9-5-3-2-4-6-10(9)16-12(18)14(7-8-14)11(17)15-13(16)19/h9-10H,2-8H2,1H3,(H,15,17,19). The predicted molar refractivity (Wildman–Crippen MR) is 68.1 cm³/mol. The number of amides is 4. The summed E-state index contributed by atoms with van der Waals surface area (Å²) in [6.45, 7) is 2.10. The number of nitrogens with zero attached hydrogens (tertiary/aromatic N) is 1. The second-order valence-corrected chi connectivity index (χ2v) is 6.20. The molecule has 0 aromatic rings. The van der Waals surface area contributed by atoms with Gasteiger partial charge >= 0.3 is 6.03 Å². The van der Waals surface area contributed by atoms with E-state index in [1.807, 2.05) is 0 Å². The van der Waals surface area contributed by atoms with E-state index < -0.39 is 11.4 Å². The molecule has 104 valence electrons. The van der Waals surface area contributed by atoms with Crippen molar-refractivity contribution >= 4 is 17.8 Å². The molecular weight excluding hydrogens is 244 g/mol. The summed E-state index contributed by atoms with van der Waals surface area (Å²) < 4.78 is 0. The highest BCUT2D eigenvalue weighted by Crippen LogP contribution is 2.50. The van der Waals surface area contributed by atoms with E-state index in [9.17, 15) is 14.4 Å². The molecule has 2 unspecified atom stereocenters. The number of hydrogen-bond acceptors (Lipinski definition) is 3. The molecule has 2 aliphatic carbocycles. The highest BCUT2D eigenvalue weighted by atomic mass is 16.2. The van der Waals surface area contributed by atoms with Gasteiger partial charge in [0.05, 0.1) is 0 Å². The lowest BCUT2D eigenvalue weighted by Crippen LogP contribution is -2.62. The fraction of sp³-hybridized carbons (Fsp3) is 0.786. The Balaban J connectivity index is 1.87. The Labute approximate surface area is 112 Å². The summed E-state index contributed by atoms with van der Waals surface area (Å²) >= 11 is 0. The van der Waals surface area contributed by atoms with Crippen LogP contribution in [0.15, 0.2) is 0 Å². The van der Waals surface area contributed by atoms with Crippen molar-refractivity contribution in [2.24, 2.45) is 11.3 Å². The topological polar surface area (TPSA) is 66.5 Å². The summed E-state index contributed by atoms with van der Waals surface area (Å²) in [7, 11) is 0. The number of nitrogens with one attached hydrogen (secondary N) is 1. The molecule has 0 aromatic carbocycles. The molecule has 1 aliphatic heterocycles. The van der Waals surface area contributed by atoms with Crippen molar-refractivity contribution in [2.75, 3.05) is 0 Å². The Hall–Kier alpha value is -1.39. The summed E-state index contributed by atoms with van der Waals surface area (Å²) in [5.41, 5.74) is -0.903. The lowest BCUT2D eigenvalue weighted by atomic mass is 9.92. The number of carbonyl (C=O) groups excluding carboxylic acids is 3. The molecule has 1 saturated heterocycles. The summed E-state index contributed by atoms with van der Waals surface area (Å²) in [5.74, 6) is -0.318. The molecule has 5 heteroatoms. The third kappa shape index (κ3) is 1.86. The summed E-state index contributed by atoms with van der Waals surface area (Å²) in [6, 6.07) is -0.549. The van der Waals surface area contributed by atoms with Crippen LogP contribution >= 0.6 is 0 Å². The first-order valence-electron chi connectivity index (χ1n) is 7.25. The maximum atomic E-state index is 12.5.